The van der Waals surface area contributed by atoms with Gasteiger partial charge in [0.1, 0.15) is 0 Å². The van der Waals surface area contributed by atoms with Crippen LogP contribution in [-0.2, 0) is 12.8 Å². The van der Waals surface area contributed by atoms with E-state index in [1.165, 1.54) is 17.2 Å². The predicted molar refractivity (Wildman–Crippen MR) is 84.1 cm³/mol. The Morgan fingerprint density at radius 2 is 1.65 bits per heavy atom. The van der Waals surface area contributed by atoms with Gasteiger partial charge in [0.25, 0.3) is 0 Å². The molecule has 1 aromatic heterocycles. The minimum Gasteiger partial charge on any atom is -0.321 e. The van der Waals surface area contributed by atoms with Gasteiger partial charge < -0.3 is 4.98 Å². The van der Waals surface area contributed by atoms with Crippen molar-refractivity contribution in [3.8, 4) is 0 Å². The fourth-order valence-corrected chi connectivity index (χ4v) is 2.25. The summed E-state index contributed by atoms with van der Waals surface area (Å²) in [6.45, 7) is 6.19. The van der Waals surface area contributed by atoms with E-state index in [0.717, 1.165) is 29.9 Å². The van der Waals surface area contributed by atoms with Gasteiger partial charge in [0.05, 0.1) is 17.1 Å². The molecule has 2 aromatic rings. The lowest BCUT2D eigenvalue weighted by atomic mass is 10.0. The SMILES string of the molecule is CCc1cccc(CC)c1N=C(C)c1cccc(=O)[nH]1. The lowest BCUT2D eigenvalue weighted by Gasteiger charge is -2.10. The van der Waals surface area contributed by atoms with E-state index >= 15 is 0 Å². The maximum atomic E-state index is 11.4. The van der Waals surface area contributed by atoms with Gasteiger partial charge in [0, 0.05) is 6.07 Å². The molecule has 0 spiro atoms. The van der Waals surface area contributed by atoms with E-state index in [4.69, 9.17) is 4.99 Å². The third kappa shape index (κ3) is 3.05. The Labute approximate surface area is 119 Å². The number of aromatic amines is 1. The molecule has 0 bridgehead atoms. The Balaban J connectivity index is 2.51. The molecule has 0 amide bonds. The Morgan fingerprint density at radius 3 is 2.20 bits per heavy atom. The van der Waals surface area contributed by atoms with Crippen molar-refractivity contribution in [3.63, 3.8) is 0 Å². The van der Waals surface area contributed by atoms with Crippen LogP contribution < -0.4 is 5.56 Å². The number of aryl methyl sites for hydroxylation is 2. The monoisotopic (exact) mass is 268 g/mol. The van der Waals surface area contributed by atoms with Gasteiger partial charge in [-0.1, -0.05) is 38.1 Å². The quantitative estimate of drug-likeness (QED) is 0.845. The number of aromatic nitrogens is 1. The third-order valence-corrected chi connectivity index (χ3v) is 3.40. The van der Waals surface area contributed by atoms with E-state index in [-0.39, 0.29) is 5.56 Å². The molecule has 1 N–H and O–H groups in total. The fraction of sp³-hybridized carbons (Fsp3) is 0.294. The molecule has 0 radical (unpaired) electrons. The molecule has 0 saturated carbocycles. The topological polar surface area (TPSA) is 45.2 Å². The number of rotatable bonds is 4. The number of benzene rings is 1. The average molecular weight is 268 g/mol. The van der Waals surface area contributed by atoms with Gasteiger partial charge in [-0.2, -0.15) is 0 Å². The summed E-state index contributed by atoms with van der Waals surface area (Å²) in [4.78, 5) is 19.0. The van der Waals surface area contributed by atoms with Crippen molar-refractivity contribution in [1.82, 2.24) is 4.98 Å². The van der Waals surface area contributed by atoms with E-state index in [1.807, 2.05) is 13.0 Å². The highest BCUT2D eigenvalue weighted by molar-refractivity contribution is 5.98. The molecular weight excluding hydrogens is 248 g/mol. The summed E-state index contributed by atoms with van der Waals surface area (Å²) >= 11 is 0. The van der Waals surface area contributed by atoms with E-state index in [9.17, 15) is 4.79 Å². The van der Waals surface area contributed by atoms with Crippen molar-refractivity contribution in [2.24, 2.45) is 4.99 Å². The van der Waals surface area contributed by atoms with Crippen LogP contribution in [0.5, 0.6) is 0 Å². The zero-order chi connectivity index (χ0) is 14.5. The second-order valence-corrected chi connectivity index (χ2v) is 4.76. The van der Waals surface area contributed by atoms with Crippen molar-refractivity contribution in [2.75, 3.05) is 0 Å². The minimum atomic E-state index is -0.100. The second kappa shape index (κ2) is 6.33. The fourth-order valence-electron chi connectivity index (χ4n) is 2.25. The standard InChI is InChI=1S/C17H20N2O/c1-4-13-8-6-9-14(5-2)17(13)18-12(3)15-10-7-11-16(20)19-15/h6-11H,4-5H2,1-3H3,(H,19,20). The molecule has 0 saturated heterocycles. The number of para-hydroxylation sites is 1. The highest BCUT2D eigenvalue weighted by atomic mass is 16.1. The largest absolute Gasteiger partial charge is 0.321 e. The van der Waals surface area contributed by atoms with Crippen molar-refractivity contribution < 1.29 is 0 Å². The van der Waals surface area contributed by atoms with Crippen LogP contribution in [0.1, 0.15) is 37.6 Å². The second-order valence-electron chi connectivity index (χ2n) is 4.76. The Morgan fingerprint density at radius 1 is 1.05 bits per heavy atom. The van der Waals surface area contributed by atoms with Crippen LogP contribution in [0.2, 0.25) is 0 Å². The molecule has 0 atom stereocenters. The van der Waals surface area contributed by atoms with Crippen molar-refractivity contribution in [2.45, 2.75) is 33.6 Å². The molecular formula is C17H20N2O. The maximum Gasteiger partial charge on any atom is 0.248 e. The summed E-state index contributed by atoms with van der Waals surface area (Å²) in [5.41, 5.74) is 5.02. The van der Waals surface area contributed by atoms with Gasteiger partial charge in [-0.15, -0.1) is 0 Å². The summed E-state index contributed by atoms with van der Waals surface area (Å²) in [6, 6.07) is 11.4. The highest BCUT2D eigenvalue weighted by Gasteiger charge is 2.06. The van der Waals surface area contributed by atoms with Crippen LogP contribution in [0.4, 0.5) is 5.69 Å². The van der Waals surface area contributed by atoms with Gasteiger partial charge in [-0.3, -0.25) is 9.79 Å². The molecule has 0 aliphatic heterocycles. The molecule has 0 unspecified atom stereocenters. The Kier molecular flexibility index (Phi) is 4.51. The minimum absolute atomic E-state index is 0.100. The summed E-state index contributed by atoms with van der Waals surface area (Å²) in [7, 11) is 0. The van der Waals surface area contributed by atoms with Crippen LogP contribution in [0.15, 0.2) is 46.2 Å². The third-order valence-electron chi connectivity index (χ3n) is 3.40. The van der Waals surface area contributed by atoms with Crippen LogP contribution in [-0.4, -0.2) is 10.7 Å². The average Bonchev–Trinajstić information content (AvgIpc) is 2.47. The number of nitrogens with zero attached hydrogens (tertiary/aromatic N) is 1. The first-order valence-electron chi connectivity index (χ1n) is 7.01. The van der Waals surface area contributed by atoms with Crippen LogP contribution in [0.3, 0.4) is 0 Å². The van der Waals surface area contributed by atoms with Gasteiger partial charge >= 0.3 is 0 Å². The molecule has 0 fully saturated rings. The van der Waals surface area contributed by atoms with E-state index < -0.39 is 0 Å². The predicted octanol–water partition coefficient (Wildman–Crippen LogP) is 3.64. The molecule has 0 aliphatic carbocycles. The van der Waals surface area contributed by atoms with Gasteiger partial charge in [-0.05, 0) is 37.0 Å². The van der Waals surface area contributed by atoms with Crippen LogP contribution in [0.25, 0.3) is 0 Å². The highest BCUT2D eigenvalue weighted by Crippen LogP contribution is 2.26. The van der Waals surface area contributed by atoms with Crippen molar-refractivity contribution in [3.05, 3.63) is 63.6 Å². The first kappa shape index (κ1) is 14.3. The lowest BCUT2D eigenvalue weighted by molar-refractivity contribution is 1.08. The summed E-state index contributed by atoms with van der Waals surface area (Å²) in [5, 5.41) is 0. The van der Waals surface area contributed by atoms with Crippen LogP contribution >= 0.6 is 0 Å². The Hall–Kier alpha value is -2.16. The van der Waals surface area contributed by atoms with E-state index in [0.29, 0.717) is 0 Å². The van der Waals surface area contributed by atoms with Crippen molar-refractivity contribution >= 4 is 11.4 Å². The van der Waals surface area contributed by atoms with Gasteiger partial charge in [0.15, 0.2) is 0 Å². The normalized spacial score (nSPS) is 11.7. The molecule has 0 aliphatic rings. The van der Waals surface area contributed by atoms with Crippen LogP contribution in [0, 0.1) is 0 Å². The smallest absolute Gasteiger partial charge is 0.248 e. The summed E-state index contributed by atoms with van der Waals surface area (Å²) < 4.78 is 0. The lowest BCUT2D eigenvalue weighted by Crippen LogP contribution is -2.09. The molecule has 20 heavy (non-hydrogen) atoms. The number of pyridine rings is 1. The maximum absolute atomic E-state index is 11.4. The number of H-pyrrole nitrogens is 1. The number of hydrogen-bond donors (Lipinski definition) is 1. The summed E-state index contributed by atoms with van der Waals surface area (Å²) in [6.07, 6.45) is 1.90. The first-order valence-corrected chi connectivity index (χ1v) is 7.01. The zero-order valence-corrected chi connectivity index (χ0v) is 12.2. The van der Waals surface area contributed by atoms with Gasteiger partial charge in [-0.25, -0.2) is 0 Å². The summed E-state index contributed by atoms with van der Waals surface area (Å²) in [5.74, 6) is 0. The molecule has 1 aromatic carbocycles. The van der Waals surface area contributed by atoms with Crippen molar-refractivity contribution in [1.29, 1.82) is 0 Å². The van der Waals surface area contributed by atoms with E-state index in [2.05, 4.69) is 37.0 Å². The molecule has 3 heteroatoms. The Bertz CT molecular complexity index is 661. The molecule has 3 nitrogen and oxygen atoms in total. The molecule has 1 heterocycles. The number of aliphatic imine (C=N–C) groups is 1. The first-order chi connectivity index (χ1) is 9.65. The molecule has 104 valence electrons. The van der Waals surface area contributed by atoms with E-state index in [1.54, 1.807) is 6.07 Å². The number of hydrogen-bond acceptors (Lipinski definition) is 2. The van der Waals surface area contributed by atoms with Gasteiger partial charge in [0.2, 0.25) is 5.56 Å². The molecule has 2 rings (SSSR count). The number of nitrogens with one attached hydrogen (secondary N) is 1. The zero-order valence-electron chi connectivity index (χ0n) is 12.2.